The molecule has 8 heteroatoms. The highest BCUT2D eigenvalue weighted by molar-refractivity contribution is 7.10. The maximum Gasteiger partial charge on any atom is 0.357 e. The molecule has 26 heavy (non-hydrogen) atoms. The van der Waals surface area contributed by atoms with E-state index in [9.17, 15) is 9.59 Å². The van der Waals surface area contributed by atoms with Gasteiger partial charge in [-0.25, -0.2) is 9.78 Å². The molecule has 0 bridgehead atoms. The first kappa shape index (κ1) is 18.2. The molecule has 1 atom stereocenters. The van der Waals surface area contributed by atoms with Crippen molar-refractivity contribution >= 4 is 23.2 Å². The molecule has 1 saturated carbocycles. The highest BCUT2D eigenvalue weighted by Crippen LogP contribution is 2.34. The maximum absolute atomic E-state index is 12.1. The second-order valence-corrected chi connectivity index (χ2v) is 6.95. The van der Waals surface area contributed by atoms with Crippen molar-refractivity contribution in [2.75, 3.05) is 20.8 Å². The number of nitrogens with zero attached hydrogens (tertiary/aromatic N) is 1. The smallest absolute Gasteiger partial charge is 0.357 e. The summed E-state index contributed by atoms with van der Waals surface area (Å²) in [6.45, 7) is 0.417. The Labute approximate surface area is 155 Å². The summed E-state index contributed by atoms with van der Waals surface area (Å²) in [5, 5.41) is 2.02. The Morgan fingerprint density at radius 2 is 2.00 bits per heavy atom. The lowest BCUT2D eigenvalue weighted by atomic mass is 9.98. The minimum absolute atomic E-state index is 0.192. The predicted molar refractivity (Wildman–Crippen MR) is 95.7 cm³/mol. The second-order valence-electron chi connectivity index (χ2n) is 6.06. The molecule has 1 aromatic carbocycles. The summed E-state index contributed by atoms with van der Waals surface area (Å²) in [6, 6.07) is 5.10. The fourth-order valence-electron chi connectivity index (χ4n) is 2.53. The Kier molecular flexibility index (Phi) is 5.41. The maximum atomic E-state index is 12.1. The highest BCUT2D eigenvalue weighted by atomic mass is 32.1. The number of amides is 1. The molecule has 2 N–H and O–H groups in total. The van der Waals surface area contributed by atoms with Gasteiger partial charge < -0.3 is 19.9 Å². The summed E-state index contributed by atoms with van der Waals surface area (Å²) in [6.07, 6.45) is 2.19. The van der Waals surface area contributed by atoms with Crippen molar-refractivity contribution in [2.45, 2.75) is 18.8 Å². The molecule has 2 aromatic rings. The average Bonchev–Trinajstić information content (AvgIpc) is 3.35. The Bertz CT molecular complexity index is 816. The topological polar surface area (TPSA) is 101 Å². The van der Waals surface area contributed by atoms with Gasteiger partial charge in [0.25, 0.3) is 0 Å². The van der Waals surface area contributed by atoms with Crippen molar-refractivity contribution in [1.29, 1.82) is 0 Å². The number of carbonyl (C=O) groups excluding carboxylic acids is 2. The van der Waals surface area contributed by atoms with E-state index in [0.29, 0.717) is 34.6 Å². The Balaban J connectivity index is 1.84. The third kappa shape index (κ3) is 3.96. The monoisotopic (exact) mass is 376 g/mol. The molecule has 0 spiro atoms. The van der Waals surface area contributed by atoms with Crippen molar-refractivity contribution in [3.05, 3.63) is 39.8 Å². The molecule has 7 nitrogen and oxygen atoms in total. The molecule has 3 rings (SSSR count). The van der Waals surface area contributed by atoms with E-state index >= 15 is 0 Å². The van der Waals surface area contributed by atoms with E-state index in [1.54, 1.807) is 23.6 Å². The molecular weight excluding hydrogens is 356 g/mol. The number of aromatic nitrogens is 1. The van der Waals surface area contributed by atoms with Crippen molar-refractivity contribution in [1.82, 2.24) is 4.98 Å². The van der Waals surface area contributed by atoms with E-state index in [0.717, 1.165) is 12.8 Å². The molecular formula is C18H20N2O5S. The first-order valence-electron chi connectivity index (χ1n) is 8.17. The van der Waals surface area contributed by atoms with E-state index in [1.165, 1.54) is 25.6 Å². The van der Waals surface area contributed by atoms with Crippen LogP contribution in [0.2, 0.25) is 0 Å². The van der Waals surface area contributed by atoms with Gasteiger partial charge in [0.1, 0.15) is 10.9 Å². The van der Waals surface area contributed by atoms with Crippen LogP contribution in [0.1, 0.15) is 39.8 Å². The summed E-state index contributed by atoms with van der Waals surface area (Å²) in [5.74, 6) is -0.328. The number of benzene rings is 1. The third-order valence-electron chi connectivity index (χ3n) is 4.15. The highest BCUT2D eigenvalue weighted by Gasteiger charge is 2.27. The van der Waals surface area contributed by atoms with Crippen LogP contribution in [-0.4, -0.2) is 37.7 Å². The first-order valence-corrected chi connectivity index (χ1v) is 9.05. The lowest BCUT2D eigenvalue weighted by Crippen LogP contribution is -2.22. The summed E-state index contributed by atoms with van der Waals surface area (Å²) in [5.41, 5.74) is 6.40. The lowest BCUT2D eigenvalue weighted by molar-refractivity contribution is -0.118. The zero-order valence-electron chi connectivity index (χ0n) is 14.6. The van der Waals surface area contributed by atoms with Crippen LogP contribution in [0.4, 0.5) is 0 Å². The minimum atomic E-state index is -0.787. The molecule has 1 aromatic heterocycles. The quantitative estimate of drug-likeness (QED) is 0.710. The molecule has 0 aliphatic heterocycles. The Morgan fingerprint density at radius 1 is 1.27 bits per heavy atom. The van der Waals surface area contributed by atoms with Gasteiger partial charge >= 0.3 is 5.97 Å². The number of nitrogens with two attached hydrogens (primary N) is 1. The van der Waals surface area contributed by atoms with E-state index in [2.05, 4.69) is 4.98 Å². The number of thiazole rings is 1. The molecule has 0 saturated heterocycles. The number of hydrogen-bond acceptors (Lipinski definition) is 7. The van der Waals surface area contributed by atoms with Crippen LogP contribution < -0.4 is 15.2 Å². The number of rotatable bonds is 8. The van der Waals surface area contributed by atoms with Crippen LogP contribution >= 0.6 is 11.3 Å². The normalized spacial score (nSPS) is 14.5. The predicted octanol–water partition coefficient (Wildman–Crippen LogP) is 2.34. The van der Waals surface area contributed by atoms with Crippen molar-refractivity contribution in [3.63, 3.8) is 0 Å². The van der Waals surface area contributed by atoms with Crippen molar-refractivity contribution in [2.24, 2.45) is 11.7 Å². The molecule has 1 aliphatic carbocycles. The summed E-state index contributed by atoms with van der Waals surface area (Å²) in [4.78, 5) is 28.4. The van der Waals surface area contributed by atoms with Gasteiger partial charge in [0.05, 0.1) is 20.8 Å². The van der Waals surface area contributed by atoms with Crippen LogP contribution in [0.3, 0.4) is 0 Å². The van der Waals surface area contributed by atoms with Gasteiger partial charge in [-0.3, -0.25) is 4.79 Å². The number of hydrogen-bond donors (Lipinski definition) is 1. The molecule has 1 unspecified atom stereocenters. The van der Waals surface area contributed by atoms with Gasteiger partial charge in [0.2, 0.25) is 5.91 Å². The zero-order chi connectivity index (χ0) is 18.7. The van der Waals surface area contributed by atoms with Gasteiger partial charge in [-0.2, -0.15) is 0 Å². The SMILES string of the molecule is COc1ccc(C(C(N)=O)c2nc(C(=O)OCC3CC3)cs2)cc1OC. The van der Waals surface area contributed by atoms with Crippen molar-refractivity contribution < 1.29 is 23.8 Å². The number of carbonyl (C=O) groups is 2. The number of methoxy groups -OCH3 is 2. The molecule has 1 aliphatic rings. The zero-order valence-corrected chi connectivity index (χ0v) is 15.4. The van der Waals surface area contributed by atoms with Crippen molar-refractivity contribution in [3.8, 4) is 11.5 Å². The summed E-state index contributed by atoms with van der Waals surface area (Å²) < 4.78 is 15.7. The first-order chi connectivity index (χ1) is 12.5. The molecule has 0 radical (unpaired) electrons. The fraction of sp³-hybridized carbons (Fsp3) is 0.389. The lowest BCUT2D eigenvalue weighted by Gasteiger charge is -2.14. The van der Waals surface area contributed by atoms with Gasteiger partial charge in [0.15, 0.2) is 17.2 Å². The van der Waals surface area contributed by atoms with E-state index < -0.39 is 17.8 Å². The van der Waals surface area contributed by atoms with Gasteiger partial charge in [-0.05, 0) is 36.5 Å². The molecule has 1 amide bonds. The standard InChI is InChI=1S/C18H20N2O5S/c1-23-13-6-5-11(7-14(13)24-2)15(16(19)21)17-20-12(9-26-17)18(22)25-8-10-3-4-10/h5-7,9-10,15H,3-4,8H2,1-2H3,(H2,19,21). The molecule has 1 heterocycles. The van der Waals surface area contributed by atoms with Gasteiger partial charge in [0, 0.05) is 5.38 Å². The van der Waals surface area contributed by atoms with Crippen LogP contribution in [0.25, 0.3) is 0 Å². The number of primary amides is 1. The molecule has 1 fully saturated rings. The van der Waals surface area contributed by atoms with Gasteiger partial charge in [-0.1, -0.05) is 6.07 Å². The Morgan fingerprint density at radius 3 is 2.62 bits per heavy atom. The van der Waals surface area contributed by atoms with Crippen LogP contribution in [0.5, 0.6) is 11.5 Å². The van der Waals surface area contributed by atoms with Crippen LogP contribution in [-0.2, 0) is 9.53 Å². The molecule has 138 valence electrons. The van der Waals surface area contributed by atoms with Gasteiger partial charge in [-0.15, -0.1) is 11.3 Å². The summed E-state index contributed by atoms with van der Waals surface area (Å²) in [7, 11) is 3.04. The van der Waals surface area contributed by atoms with E-state index in [-0.39, 0.29) is 5.69 Å². The van der Waals surface area contributed by atoms with Crippen LogP contribution in [0, 0.1) is 5.92 Å². The Hall–Kier alpha value is -2.61. The van der Waals surface area contributed by atoms with Crippen LogP contribution in [0.15, 0.2) is 23.6 Å². The number of ether oxygens (including phenoxy) is 3. The van der Waals surface area contributed by atoms with E-state index in [1.807, 2.05) is 0 Å². The second kappa shape index (κ2) is 7.74. The largest absolute Gasteiger partial charge is 0.493 e. The summed E-state index contributed by atoms with van der Waals surface area (Å²) >= 11 is 1.20. The average molecular weight is 376 g/mol. The van der Waals surface area contributed by atoms with E-state index in [4.69, 9.17) is 19.9 Å². The minimum Gasteiger partial charge on any atom is -0.493 e. The number of esters is 1. The fourth-order valence-corrected chi connectivity index (χ4v) is 3.45. The third-order valence-corrected chi connectivity index (χ3v) is 5.06.